The highest BCUT2D eigenvalue weighted by Crippen LogP contribution is 2.27. The second-order valence-electron chi connectivity index (χ2n) is 6.74. The lowest BCUT2D eigenvalue weighted by atomic mass is 10.1. The first-order valence-electron chi connectivity index (χ1n) is 9.46. The number of amides is 1. The van der Waals surface area contributed by atoms with Gasteiger partial charge in [0.2, 0.25) is 11.7 Å². The maximum atomic E-state index is 12.9. The summed E-state index contributed by atoms with van der Waals surface area (Å²) in [5, 5.41) is 4.01. The minimum Gasteiger partial charge on any atom is -0.493 e. The number of benzene rings is 2. The number of nitrogens with zero attached hydrogens (tertiary/aromatic N) is 3. The molecule has 3 rings (SSSR count). The molecule has 152 valence electrons. The van der Waals surface area contributed by atoms with Gasteiger partial charge in [0.25, 0.3) is 5.91 Å². The molecule has 1 atom stereocenters. The van der Waals surface area contributed by atoms with E-state index >= 15 is 0 Å². The van der Waals surface area contributed by atoms with E-state index in [1.807, 2.05) is 50.2 Å². The van der Waals surface area contributed by atoms with E-state index in [4.69, 9.17) is 14.0 Å². The Labute approximate surface area is 170 Å². The lowest BCUT2D eigenvalue weighted by molar-refractivity contribution is -0.138. The van der Waals surface area contributed by atoms with Gasteiger partial charge in [-0.1, -0.05) is 54.0 Å². The highest BCUT2D eigenvalue weighted by molar-refractivity contribution is 5.81. The minimum atomic E-state index is -0.643. The zero-order valence-corrected chi connectivity index (χ0v) is 17.1. The SMILES string of the molecule is CC[C@@H](Oc1ccccc1OC)C(=O)N(C)Cc1nc(-c2ccc(C)cc2)no1. The average Bonchev–Trinajstić information content (AvgIpc) is 3.20. The number of aromatic nitrogens is 2. The third kappa shape index (κ3) is 4.93. The van der Waals surface area contributed by atoms with Gasteiger partial charge in [0.1, 0.15) is 0 Å². The van der Waals surface area contributed by atoms with Gasteiger partial charge in [0.05, 0.1) is 13.7 Å². The molecule has 0 saturated heterocycles. The predicted octanol–water partition coefficient (Wildman–Crippen LogP) is 3.87. The van der Waals surface area contributed by atoms with E-state index in [1.165, 1.54) is 4.90 Å². The standard InChI is InChI=1S/C22H25N3O4/c1-5-17(28-19-9-7-6-8-18(19)27-4)22(26)25(3)14-20-23-21(24-29-20)16-12-10-15(2)11-13-16/h6-13,17H,5,14H2,1-4H3/t17-/m1/s1. The van der Waals surface area contributed by atoms with Gasteiger partial charge in [-0.25, -0.2) is 0 Å². The van der Waals surface area contributed by atoms with Crippen LogP contribution < -0.4 is 9.47 Å². The topological polar surface area (TPSA) is 77.7 Å². The molecule has 0 N–H and O–H groups in total. The Morgan fingerprint density at radius 2 is 1.83 bits per heavy atom. The normalized spacial score (nSPS) is 11.7. The molecule has 29 heavy (non-hydrogen) atoms. The second-order valence-corrected chi connectivity index (χ2v) is 6.74. The van der Waals surface area contributed by atoms with Gasteiger partial charge >= 0.3 is 0 Å². The summed E-state index contributed by atoms with van der Waals surface area (Å²) in [6.07, 6.45) is -0.129. The third-order valence-corrected chi connectivity index (χ3v) is 4.51. The van der Waals surface area contributed by atoms with Gasteiger partial charge in [0.15, 0.2) is 17.6 Å². The van der Waals surface area contributed by atoms with Crippen LogP contribution in [0.5, 0.6) is 11.5 Å². The quantitative estimate of drug-likeness (QED) is 0.576. The van der Waals surface area contributed by atoms with E-state index in [-0.39, 0.29) is 12.5 Å². The predicted molar refractivity (Wildman–Crippen MR) is 109 cm³/mol. The summed E-state index contributed by atoms with van der Waals surface area (Å²) in [4.78, 5) is 18.8. The maximum absolute atomic E-state index is 12.9. The van der Waals surface area contributed by atoms with Crippen molar-refractivity contribution in [3.63, 3.8) is 0 Å². The Kier molecular flexibility index (Phi) is 6.49. The van der Waals surface area contributed by atoms with E-state index in [1.54, 1.807) is 26.3 Å². The number of carbonyl (C=O) groups excluding carboxylic acids is 1. The molecule has 0 fully saturated rings. The van der Waals surface area contributed by atoms with Crippen LogP contribution in [0, 0.1) is 6.92 Å². The molecule has 0 unspecified atom stereocenters. The van der Waals surface area contributed by atoms with Crippen LogP contribution in [0.15, 0.2) is 53.1 Å². The van der Waals surface area contributed by atoms with Gasteiger partial charge < -0.3 is 18.9 Å². The second kappa shape index (κ2) is 9.23. The molecule has 7 nitrogen and oxygen atoms in total. The highest BCUT2D eigenvalue weighted by atomic mass is 16.5. The van der Waals surface area contributed by atoms with Crippen LogP contribution in [0.2, 0.25) is 0 Å². The third-order valence-electron chi connectivity index (χ3n) is 4.51. The van der Waals surface area contributed by atoms with Crippen molar-refractivity contribution in [2.24, 2.45) is 0 Å². The monoisotopic (exact) mass is 395 g/mol. The zero-order chi connectivity index (χ0) is 20.8. The van der Waals surface area contributed by atoms with E-state index in [0.29, 0.717) is 29.6 Å². The molecular weight excluding hydrogens is 370 g/mol. The lowest BCUT2D eigenvalue weighted by Gasteiger charge is -2.23. The van der Waals surface area contributed by atoms with Crippen molar-refractivity contribution in [2.75, 3.05) is 14.2 Å². The summed E-state index contributed by atoms with van der Waals surface area (Å²) in [6, 6.07) is 15.1. The van der Waals surface area contributed by atoms with Crippen molar-refractivity contribution in [1.29, 1.82) is 0 Å². The first-order chi connectivity index (χ1) is 14.0. The van der Waals surface area contributed by atoms with Crippen LogP contribution in [-0.4, -0.2) is 41.2 Å². The largest absolute Gasteiger partial charge is 0.493 e. The van der Waals surface area contributed by atoms with E-state index in [9.17, 15) is 4.79 Å². The van der Waals surface area contributed by atoms with Crippen molar-refractivity contribution in [3.05, 3.63) is 60.0 Å². The summed E-state index contributed by atoms with van der Waals surface area (Å²) in [7, 11) is 3.25. The van der Waals surface area contributed by atoms with E-state index in [0.717, 1.165) is 11.1 Å². The van der Waals surface area contributed by atoms with Crippen LogP contribution in [0.1, 0.15) is 24.8 Å². The molecule has 1 aromatic heterocycles. The smallest absolute Gasteiger partial charge is 0.263 e. The lowest BCUT2D eigenvalue weighted by Crippen LogP contribution is -2.39. The fourth-order valence-corrected chi connectivity index (χ4v) is 2.84. The Morgan fingerprint density at radius 1 is 1.14 bits per heavy atom. The van der Waals surface area contributed by atoms with Gasteiger partial charge in [-0.3, -0.25) is 4.79 Å². The van der Waals surface area contributed by atoms with Crippen molar-refractivity contribution < 1.29 is 18.8 Å². The Morgan fingerprint density at radius 3 is 2.48 bits per heavy atom. The number of likely N-dealkylation sites (N-methyl/N-ethyl adjacent to an activating group) is 1. The Hall–Kier alpha value is -3.35. The summed E-state index contributed by atoms with van der Waals surface area (Å²) >= 11 is 0. The Balaban J connectivity index is 1.67. The van der Waals surface area contributed by atoms with Crippen LogP contribution in [-0.2, 0) is 11.3 Å². The summed E-state index contributed by atoms with van der Waals surface area (Å²) < 4.78 is 16.5. The van der Waals surface area contributed by atoms with Crippen molar-refractivity contribution in [2.45, 2.75) is 32.9 Å². The number of hydrogen-bond acceptors (Lipinski definition) is 6. The average molecular weight is 395 g/mol. The number of hydrogen-bond donors (Lipinski definition) is 0. The number of para-hydroxylation sites is 2. The first-order valence-corrected chi connectivity index (χ1v) is 9.46. The highest BCUT2D eigenvalue weighted by Gasteiger charge is 2.25. The summed E-state index contributed by atoms with van der Waals surface area (Å²) in [6.45, 7) is 4.11. The molecule has 3 aromatic rings. The molecular formula is C22H25N3O4. The molecule has 1 heterocycles. The van der Waals surface area contributed by atoms with Crippen LogP contribution in [0.4, 0.5) is 0 Å². The maximum Gasteiger partial charge on any atom is 0.263 e. The molecule has 0 saturated carbocycles. The molecule has 0 bridgehead atoms. The van der Waals surface area contributed by atoms with Gasteiger partial charge in [-0.2, -0.15) is 4.98 Å². The van der Waals surface area contributed by atoms with Crippen molar-refractivity contribution in [1.82, 2.24) is 15.0 Å². The van der Waals surface area contributed by atoms with Gasteiger partial charge in [-0.15, -0.1) is 0 Å². The first kappa shape index (κ1) is 20.4. The summed E-state index contributed by atoms with van der Waals surface area (Å²) in [5.74, 6) is 1.80. The van der Waals surface area contributed by atoms with Crippen LogP contribution in [0.3, 0.4) is 0 Å². The molecule has 1 amide bonds. The molecule has 0 spiro atoms. The van der Waals surface area contributed by atoms with E-state index in [2.05, 4.69) is 10.1 Å². The number of rotatable bonds is 8. The number of carbonyl (C=O) groups is 1. The van der Waals surface area contributed by atoms with Gasteiger partial charge in [0, 0.05) is 12.6 Å². The fourth-order valence-electron chi connectivity index (χ4n) is 2.84. The van der Waals surface area contributed by atoms with Gasteiger partial charge in [-0.05, 0) is 25.5 Å². The molecule has 0 aliphatic carbocycles. The number of methoxy groups -OCH3 is 1. The molecule has 0 radical (unpaired) electrons. The molecule has 2 aromatic carbocycles. The van der Waals surface area contributed by atoms with Crippen molar-refractivity contribution in [3.8, 4) is 22.9 Å². The molecule has 0 aliphatic rings. The van der Waals surface area contributed by atoms with Crippen LogP contribution in [0.25, 0.3) is 11.4 Å². The minimum absolute atomic E-state index is 0.173. The molecule has 0 aliphatic heterocycles. The number of ether oxygens (including phenoxy) is 2. The molecule has 7 heteroatoms. The summed E-state index contributed by atoms with van der Waals surface area (Å²) in [5.41, 5.74) is 2.02. The van der Waals surface area contributed by atoms with Crippen molar-refractivity contribution >= 4 is 5.91 Å². The number of aryl methyl sites for hydroxylation is 1. The van der Waals surface area contributed by atoms with E-state index < -0.39 is 6.10 Å². The Bertz CT molecular complexity index is 953. The van der Waals surface area contributed by atoms with Crippen LogP contribution >= 0.6 is 0 Å². The zero-order valence-electron chi connectivity index (χ0n) is 17.1. The fraction of sp³-hybridized carbons (Fsp3) is 0.318.